The maximum atomic E-state index is 15.5. The SMILES string of the molecule is COc1ccc2c(n1)c(C1(c3c(Cc4cccc(F)c4C)n(-c4ccccc4)c4ccc(OC)nc34)CNCCN1C=O)c(Cc1cccc(F)c1C)n2-c1ccccc1. The number of nitrogens with zero attached hydrogens (tertiary/aromatic N) is 5. The largest absolute Gasteiger partial charge is 0.481 e. The van der Waals surface area contributed by atoms with Crippen molar-refractivity contribution in [2.24, 2.45) is 0 Å². The van der Waals surface area contributed by atoms with Crippen LogP contribution in [0.2, 0.25) is 0 Å². The predicted molar refractivity (Wildman–Crippen MR) is 230 cm³/mol. The fourth-order valence-corrected chi connectivity index (χ4v) is 9.10. The minimum Gasteiger partial charge on any atom is -0.481 e. The third kappa shape index (κ3) is 6.28. The van der Waals surface area contributed by atoms with E-state index in [1.54, 1.807) is 40.2 Å². The maximum absolute atomic E-state index is 15.5. The number of amides is 1. The molecule has 0 aliphatic carbocycles. The Balaban J connectivity index is 1.51. The van der Waals surface area contributed by atoms with Crippen molar-refractivity contribution in [2.45, 2.75) is 32.2 Å². The molecule has 1 N–H and O–H groups in total. The summed E-state index contributed by atoms with van der Waals surface area (Å²) in [7, 11) is 3.16. The van der Waals surface area contributed by atoms with Crippen LogP contribution >= 0.6 is 0 Å². The lowest BCUT2D eigenvalue weighted by Gasteiger charge is -2.47. The van der Waals surface area contributed by atoms with Crippen molar-refractivity contribution in [2.75, 3.05) is 33.9 Å². The third-order valence-electron chi connectivity index (χ3n) is 12.0. The van der Waals surface area contributed by atoms with Gasteiger partial charge in [0.25, 0.3) is 0 Å². The van der Waals surface area contributed by atoms with Gasteiger partial charge in [-0.25, -0.2) is 18.7 Å². The number of nitrogens with one attached hydrogen (secondary N) is 1. The van der Waals surface area contributed by atoms with Gasteiger partial charge in [0.15, 0.2) is 0 Å². The van der Waals surface area contributed by atoms with E-state index in [9.17, 15) is 4.79 Å². The number of para-hydroxylation sites is 2. The topological polar surface area (TPSA) is 86.4 Å². The summed E-state index contributed by atoms with van der Waals surface area (Å²) in [6.45, 7) is 4.71. The van der Waals surface area contributed by atoms with E-state index in [2.05, 4.69) is 14.5 Å². The zero-order valence-electron chi connectivity index (χ0n) is 33.9. The van der Waals surface area contributed by atoms with Gasteiger partial charge in [0.2, 0.25) is 18.2 Å². The molecule has 1 aliphatic rings. The van der Waals surface area contributed by atoms with Crippen LogP contribution in [-0.4, -0.2) is 64.3 Å². The second kappa shape index (κ2) is 15.7. The van der Waals surface area contributed by atoms with Crippen molar-refractivity contribution < 1.29 is 23.0 Å². The predicted octanol–water partition coefficient (Wildman–Crippen LogP) is 8.76. The Labute approximate surface area is 346 Å². The Hall–Kier alpha value is -6.85. The van der Waals surface area contributed by atoms with Gasteiger partial charge in [0.05, 0.1) is 36.3 Å². The number of halogens is 2. The quantitative estimate of drug-likeness (QED) is 0.132. The highest BCUT2D eigenvalue weighted by Gasteiger charge is 2.50. The van der Waals surface area contributed by atoms with Gasteiger partial charge in [-0.1, -0.05) is 60.7 Å². The first-order valence-electron chi connectivity index (χ1n) is 20.0. The molecule has 302 valence electrons. The van der Waals surface area contributed by atoms with Gasteiger partial charge in [0.1, 0.15) is 17.2 Å². The summed E-state index contributed by atoms with van der Waals surface area (Å²) in [5.74, 6) is 0.159. The summed E-state index contributed by atoms with van der Waals surface area (Å²) >= 11 is 0. The summed E-state index contributed by atoms with van der Waals surface area (Å²) < 4.78 is 47.0. The van der Waals surface area contributed by atoms with E-state index in [4.69, 9.17) is 19.4 Å². The molecular weight excluding hydrogens is 759 g/mol. The van der Waals surface area contributed by atoms with Crippen LogP contribution in [0, 0.1) is 25.5 Å². The lowest BCUT2D eigenvalue weighted by Crippen LogP contribution is -2.59. The number of fused-ring (bicyclic) bond motifs is 2. The van der Waals surface area contributed by atoms with Crippen molar-refractivity contribution in [3.8, 4) is 23.1 Å². The smallest absolute Gasteiger partial charge is 0.213 e. The zero-order valence-corrected chi connectivity index (χ0v) is 33.9. The number of methoxy groups -OCH3 is 2. The number of benzene rings is 4. The van der Waals surface area contributed by atoms with E-state index >= 15 is 8.78 Å². The van der Waals surface area contributed by atoms with E-state index in [-0.39, 0.29) is 31.0 Å². The number of carbonyl (C=O) groups excluding carboxylic acids is 1. The van der Waals surface area contributed by atoms with E-state index in [0.29, 0.717) is 47.0 Å². The molecule has 5 heterocycles. The molecule has 60 heavy (non-hydrogen) atoms. The molecule has 4 aromatic carbocycles. The molecule has 9 nitrogen and oxygen atoms in total. The molecule has 1 amide bonds. The molecule has 1 aliphatic heterocycles. The molecule has 1 saturated heterocycles. The minimum absolute atomic E-state index is 0.260. The number of aromatic nitrogens is 4. The molecule has 0 bridgehead atoms. The summed E-state index contributed by atoms with van der Waals surface area (Å²) in [4.78, 5) is 26.3. The Bertz CT molecular complexity index is 2710. The van der Waals surface area contributed by atoms with Crippen LogP contribution in [0.1, 0.15) is 44.8 Å². The highest BCUT2D eigenvalue weighted by atomic mass is 19.1. The summed E-state index contributed by atoms with van der Waals surface area (Å²) in [5, 5.41) is 3.69. The highest BCUT2D eigenvalue weighted by molar-refractivity contribution is 5.92. The number of piperazine rings is 1. The molecule has 0 saturated carbocycles. The molecule has 1 fully saturated rings. The van der Waals surface area contributed by atoms with E-state index < -0.39 is 5.54 Å². The molecule has 8 aromatic rings. The van der Waals surface area contributed by atoms with E-state index in [0.717, 1.165) is 62.5 Å². The average Bonchev–Trinajstić information content (AvgIpc) is 3.78. The first kappa shape index (κ1) is 38.7. The van der Waals surface area contributed by atoms with Crippen LogP contribution in [0.15, 0.2) is 121 Å². The molecule has 0 atom stereocenters. The molecule has 9 rings (SSSR count). The lowest BCUT2D eigenvalue weighted by atomic mass is 9.76. The van der Waals surface area contributed by atoms with Crippen LogP contribution in [0.3, 0.4) is 0 Å². The van der Waals surface area contributed by atoms with Gasteiger partial charge in [-0.15, -0.1) is 0 Å². The second-order valence-electron chi connectivity index (χ2n) is 15.2. The Morgan fingerprint density at radius 1 is 0.650 bits per heavy atom. The van der Waals surface area contributed by atoms with Crippen molar-refractivity contribution >= 4 is 28.5 Å². The van der Waals surface area contributed by atoms with E-state index in [1.807, 2.05) is 102 Å². The number of pyridine rings is 2. The third-order valence-corrected chi connectivity index (χ3v) is 12.0. The fourth-order valence-electron chi connectivity index (χ4n) is 9.10. The van der Waals surface area contributed by atoms with Crippen LogP contribution in [0.25, 0.3) is 33.4 Å². The summed E-state index contributed by atoms with van der Waals surface area (Å²) in [6.07, 6.45) is 1.48. The van der Waals surface area contributed by atoms with E-state index in [1.165, 1.54) is 12.1 Å². The molecule has 11 heteroatoms. The minimum atomic E-state index is -1.32. The van der Waals surface area contributed by atoms with Gasteiger partial charge in [-0.2, -0.15) is 0 Å². The van der Waals surface area contributed by atoms with Crippen LogP contribution < -0.4 is 14.8 Å². The maximum Gasteiger partial charge on any atom is 0.213 e. The van der Waals surface area contributed by atoms with Crippen molar-refractivity contribution in [1.29, 1.82) is 0 Å². The van der Waals surface area contributed by atoms with Gasteiger partial charge in [-0.3, -0.25) is 4.79 Å². The highest BCUT2D eigenvalue weighted by Crippen LogP contribution is 2.50. The number of carbonyl (C=O) groups is 1. The summed E-state index contributed by atoms with van der Waals surface area (Å²) in [5.41, 5.74) is 8.85. The first-order chi connectivity index (χ1) is 29.3. The molecular formula is C49H44F2N6O3. The van der Waals surface area contributed by atoms with Crippen molar-refractivity contribution in [3.63, 3.8) is 0 Å². The fraction of sp³-hybridized carbons (Fsp3) is 0.204. The number of ether oxygens (including phenoxy) is 2. The Morgan fingerprint density at radius 3 is 1.55 bits per heavy atom. The number of hydrogen-bond acceptors (Lipinski definition) is 6. The first-order valence-corrected chi connectivity index (χ1v) is 20.0. The zero-order chi connectivity index (χ0) is 41.5. The van der Waals surface area contributed by atoms with Crippen molar-refractivity contribution in [3.05, 3.63) is 178 Å². The normalized spacial score (nSPS) is 13.9. The van der Waals surface area contributed by atoms with Crippen molar-refractivity contribution in [1.82, 2.24) is 29.3 Å². The molecule has 0 unspecified atom stereocenters. The van der Waals surface area contributed by atoms with Gasteiger partial charge >= 0.3 is 0 Å². The number of hydrogen-bond donors (Lipinski definition) is 1. The van der Waals surface area contributed by atoms with Gasteiger partial charge in [0, 0.05) is 78.5 Å². The lowest BCUT2D eigenvalue weighted by molar-refractivity contribution is -0.124. The van der Waals surface area contributed by atoms with Crippen LogP contribution in [0.4, 0.5) is 8.78 Å². The van der Waals surface area contributed by atoms with Gasteiger partial charge < -0.3 is 28.8 Å². The molecule has 4 aromatic heterocycles. The average molecular weight is 803 g/mol. The molecule has 0 radical (unpaired) electrons. The number of rotatable bonds is 11. The monoisotopic (exact) mass is 802 g/mol. The van der Waals surface area contributed by atoms with Gasteiger partial charge in [-0.05, 0) is 84.6 Å². The Morgan fingerprint density at radius 2 is 1.12 bits per heavy atom. The molecule has 0 spiro atoms. The van der Waals surface area contributed by atoms with Crippen LogP contribution in [0.5, 0.6) is 11.8 Å². The Kier molecular flexibility index (Phi) is 10.1. The summed E-state index contributed by atoms with van der Waals surface area (Å²) in [6, 6.07) is 37.9. The second-order valence-corrected chi connectivity index (χ2v) is 15.2. The standard InChI is InChI=1S/C49H44F2N6O3/c1-31-33(13-11-19-37(31)50)27-41-45(47-39(21-23-43(53-47)59-3)56(41)35-15-7-5-8-16-35)49(29-52-25-26-55(49)30-58)46-42(28-34-14-12-20-38(51)32(34)2)57(36-17-9-6-10-18-36)40-22-24-44(60-4)54-48(40)46/h5-24,30,52H,25-29H2,1-4H3. The van der Waals surface area contributed by atoms with Crippen LogP contribution in [-0.2, 0) is 23.2 Å².